The molecule has 1 aromatic heterocycles. The molecule has 1 aliphatic carbocycles. The molecule has 5 aromatic rings. The third kappa shape index (κ3) is 5.45. The minimum Gasteiger partial charge on any atom is -0.460 e. The van der Waals surface area contributed by atoms with E-state index in [0.717, 1.165) is 51.2 Å². The minimum atomic E-state index is -0.430. The van der Waals surface area contributed by atoms with Crippen LogP contribution in [0.2, 0.25) is 0 Å². The first-order chi connectivity index (χ1) is 20.0. The van der Waals surface area contributed by atoms with Crippen molar-refractivity contribution < 1.29 is 19.1 Å². The Morgan fingerprint density at radius 1 is 0.829 bits per heavy atom. The molecule has 2 N–H and O–H groups in total. The molecule has 1 unspecified atom stereocenters. The van der Waals surface area contributed by atoms with Crippen LogP contribution >= 0.6 is 11.3 Å². The third-order valence-electron chi connectivity index (χ3n) is 7.63. The predicted octanol–water partition coefficient (Wildman–Crippen LogP) is 7.02. The molecule has 0 aliphatic heterocycles. The molecule has 6 nitrogen and oxygen atoms in total. The minimum absolute atomic E-state index is 0.0366. The number of nitrogens with one attached hydrogen (secondary N) is 2. The number of thiophene rings is 1. The molecular weight excluding hydrogens is 532 g/mol. The average molecular weight is 563 g/mol. The first-order valence-electron chi connectivity index (χ1n) is 13.9. The number of hydrogen-bond donors (Lipinski definition) is 2. The number of benzene rings is 4. The van der Waals surface area contributed by atoms with Crippen molar-refractivity contribution in [1.82, 2.24) is 5.32 Å². The van der Waals surface area contributed by atoms with Crippen LogP contribution in [-0.4, -0.2) is 30.9 Å². The van der Waals surface area contributed by atoms with Crippen molar-refractivity contribution in [2.45, 2.75) is 26.2 Å². The lowest BCUT2D eigenvalue weighted by atomic mass is 9.88. The van der Waals surface area contributed by atoms with Crippen LogP contribution in [0.4, 0.5) is 5.00 Å². The van der Waals surface area contributed by atoms with Crippen LogP contribution in [0, 0.1) is 5.92 Å². The Bertz CT molecular complexity index is 1780. The highest BCUT2D eigenvalue weighted by Crippen LogP contribution is 2.40. The summed E-state index contributed by atoms with van der Waals surface area (Å²) in [6.45, 7) is 2.41. The number of carbonyl (C=O) groups excluding carboxylic acids is 3. The number of rotatable bonds is 7. The van der Waals surface area contributed by atoms with Gasteiger partial charge in [0, 0.05) is 10.4 Å². The molecule has 206 valence electrons. The van der Waals surface area contributed by atoms with Gasteiger partial charge >= 0.3 is 5.97 Å². The molecule has 0 spiro atoms. The van der Waals surface area contributed by atoms with Crippen molar-refractivity contribution in [3.8, 4) is 0 Å². The van der Waals surface area contributed by atoms with Gasteiger partial charge in [0.2, 0.25) is 0 Å². The molecule has 0 saturated carbocycles. The summed E-state index contributed by atoms with van der Waals surface area (Å²) in [5, 5.41) is 10.2. The molecule has 6 rings (SSSR count). The predicted molar refractivity (Wildman–Crippen MR) is 164 cm³/mol. The van der Waals surface area contributed by atoms with Crippen LogP contribution in [0.15, 0.2) is 84.9 Å². The molecule has 0 fully saturated rings. The van der Waals surface area contributed by atoms with Gasteiger partial charge in [0.1, 0.15) is 11.6 Å². The summed E-state index contributed by atoms with van der Waals surface area (Å²) in [7, 11) is 0. The second-order valence-corrected chi connectivity index (χ2v) is 11.6. The molecule has 41 heavy (non-hydrogen) atoms. The molecule has 2 amide bonds. The van der Waals surface area contributed by atoms with E-state index >= 15 is 0 Å². The Morgan fingerprint density at radius 3 is 2.20 bits per heavy atom. The van der Waals surface area contributed by atoms with Crippen molar-refractivity contribution in [2.24, 2.45) is 5.92 Å². The summed E-state index contributed by atoms with van der Waals surface area (Å²) >= 11 is 1.49. The van der Waals surface area contributed by atoms with E-state index < -0.39 is 5.97 Å². The summed E-state index contributed by atoms with van der Waals surface area (Å²) in [5.41, 5.74) is 2.58. The van der Waals surface area contributed by atoms with E-state index in [-0.39, 0.29) is 25.0 Å². The molecule has 7 heteroatoms. The molecule has 1 heterocycles. The second kappa shape index (κ2) is 11.6. The molecule has 0 saturated heterocycles. The zero-order valence-electron chi connectivity index (χ0n) is 22.7. The number of carbonyl (C=O) groups is 3. The fraction of sp³-hybridized carbons (Fsp3) is 0.206. The zero-order chi connectivity index (χ0) is 28.3. The number of fused-ring (bicyclic) bond motifs is 3. The molecule has 1 aliphatic rings. The van der Waals surface area contributed by atoms with Crippen LogP contribution in [0.1, 0.15) is 54.9 Å². The van der Waals surface area contributed by atoms with Gasteiger partial charge in [0.15, 0.2) is 0 Å². The van der Waals surface area contributed by atoms with Crippen LogP contribution in [-0.2, 0) is 17.6 Å². The lowest BCUT2D eigenvalue weighted by Crippen LogP contribution is -2.30. The fourth-order valence-corrected chi connectivity index (χ4v) is 6.95. The van der Waals surface area contributed by atoms with Gasteiger partial charge in [-0.3, -0.25) is 9.59 Å². The van der Waals surface area contributed by atoms with E-state index in [0.29, 0.717) is 27.6 Å². The van der Waals surface area contributed by atoms with Gasteiger partial charge in [-0.25, -0.2) is 4.79 Å². The van der Waals surface area contributed by atoms with Crippen molar-refractivity contribution in [3.05, 3.63) is 112 Å². The first-order valence-corrected chi connectivity index (χ1v) is 14.7. The zero-order valence-corrected chi connectivity index (χ0v) is 23.6. The topological polar surface area (TPSA) is 84.5 Å². The molecule has 1 atom stereocenters. The Kier molecular flexibility index (Phi) is 7.53. The van der Waals surface area contributed by atoms with E-state index in [1.165, 1.54) is 11.3 Å². The van der Waals surface area contributed by atoms with Gasteiger partial charge < -0.3 is 15.4 Å². The number of anilines is 1. The van der Waals surface area contributed by atoms with E-state index in [4.69, 9.17) is 4.74 Å². The van der Waals surface area contributed by atoms with Crippen LogP contribution in [0.3, 0.4) is 0 Å². The van der Waals surface area contributed by atoms with Gasteiger partial charge in [-0.1, -0.05) is 79.7 Å². The number of amides is 2. The van der Waals surface area contributed by atoms with Crippen LogP contribution in [0.25, 0.3) is 21.5 Å². The van der Waals surface area contributed by atoms with E-state index in [1.807, 2.05) is 72.8 Å². The molecule has 0 bridgehead atoms. The monoisotopic (exact) mass is 562 g/mol. The maximum absolute atomic E-state index is 13.5. The molecular formula is C34H30N2O4S. The summed E-state index contributed by atoms with van der Waals surface area (Å²) in [6.07, 6.45) is 2.66. The lowest BCUT2D eigenvalue weighted by Gasteiger charge is -2.18. The summed E-state index contributed by atoms with van der Waals surface area (Å²) in [4.78, 5) is 40.9. The second-order valence-electron chi connectivity index (χ2n) is 10.5. The SMILES string of the molecule is CC1CCc2c(sc(NC(=O)c3cccc4ccccc34)c2C(=O)NCCOC(=O)c2cccc3ccccc23)C1. The molecule has 4 aromatic carbocycles. The van der Waals surface area contributed by atoms with E-state index in [9.17, 15) is 14.4 Å². The van der Waals surface area contributed by atoms with Crippen molar-refractivity contribution in [1.29, 1.82) is 0 Å². The highest BCUT2D eigenvalue weighted by molar-refractivity contribution is 7.17. The highest BCUT2D eigenvalue weighted by atomic mass is 32.1. The maximum Gasteiger partial charge on any atom is 0.338 e. The molecule has 0 radical (unpaired) electrons. The number of ether oxygens (including phenoxy) is 1. The van der Waals surface area contributed by atoms with E-state index in [1.54, 1.807) is 12.1 Å². The van der Waals surface area contributed by atoms with E-state index in [2.05, 4.69) is 17.6 Å². The summed E-state index contributed by atoms with van der Waals surface area (Å²) in [6, 6.07) is 26.6. The summed E-state index contributed by atoms with van der Waals surface area (Å²) in [5.74, 6) is -0.425. The van der Waals surface area contributed by atoms with Gasteiger partial charge in [-0.15, -0.1) is 11.3 Å². The van der Waals surface area contributed by atoms with Crippen molar-refractivity contribution in [2.75, 3.05) is 18.5 Å². The smallest absolute Gasteiger partial charge is 0.338 e. The average Bonchev–Trinajstić information content (AvgIpc) is 3.35. The fourth-order valence-electron chi connectivity index (χ4n) is 5.55. The highest BCUT2D eigenvalue weighted by Gasteiger charge is 2.28. The maximum atomic E-state index is 13.5. The summed E-state index contributed by atoms with van der Waals surface area (Å²) < 4.78 is 5.50. The Morgan fingerprint density at radius 2 is 1.46 bits per heavy atom. The first kappa shape index (κ1) is 26.7. The Balaban J connectivity index is 1.17. The van der Waals surface area contributed by atoms with Gasteiger partial charge in [0.05, 0.1) is 17.7 Å². The lowest BCUT2D eigenvalue weighted by molar-refractivity contribution is 0.0505. The van der Waals surface area contributed by atoms with Gasteiger partial charge in [-0.05, 0) is 64.4 Å². The Hall–Kier alpha value is -4.49. The van der Waals surface area contributed by atoms with Crippen LogP contribution in [0.5, 0.6) is 0 Å². The standard InChI is InChI=1S/C34H30N2O4S/c1-21-16-17-28-29(20-21)41-33(36-31(37)26-14-6-10-22-8-2-4-12-24(22)26)30(28)32(38)35-18-19-40-34(39)27-15-7-11-23-9-3-5-13-25(23)27/h2-15,21H,16-20H2,1H3,(H,35,38)(H,36,37). The van der Waals surface area contributed by atoms with Crippen LogP contribution < -0.4 is 10.6 Å². The Labute approximate surface area is 242 Å². The van der Waals surface area contributed by atoms with Crippen molar-refractivity contribution in [3.63, 3.8) is 0 Å². The van der Waals surface area contributed by atoms with Crippen molar-refractivity contribution >= 4 is 55.7 Å². The third-order valence-corrected chi connectivity index (χ3v) is 8.80. The number of hydrogen-bond acceptors (Lipinski definition) is 5. The quantitative estimate of drug-likeness (QED) is 0.165. The normalized spacial score (nSPS) is 14.4. The van der Waals surface area contributed by atoms with Gasteiger partial charge in [-0.2, -0.15) is 0 Å². The largest absolute Gasteiger partial charge is 0.460 e. The number of esters is 1. The van der Waals surface area contributed by atoms with Gasteiger partial charge in [0.25, 0.3) is 11.8 Å².